The molecule has 1 saturated heterocycles. The summed E-state index contributed by atoms with van der Waals surface area (Å²) in [5.41, 5.74) is 1.34. The third-order valence-electron chi connectivity index (χ3n) is 3.90. The van der Waals surface area contributed by atoms with Crippen molar-refractivity contribution >= 4 is 22.2 Å². The normalized spacial score (nSPS) is 18.0. The van der Waals surface area contributed by atoms with Crippen molar-refractivity contribution in [3.05, 3.63) is 23.0 Å². The minimum absolute atomic E-state index is 0.0503. The molecule has 0 atom stereocenters. The molecule has 1 aliphatic rings. The number of ether oxygens (including phenoxy) is 1. The van der Waals surface area contributed by atoms with E-state index in [4.69, 9.17) is 4.74 Å². The summed E-state index contributed by atoms with van der Waals surface area (Å²) in [5.74, 6) is -0.0722. The zero-order valence-electron chi connectivity index (χ0n) is 12.0. The highest BCUT2D eigenvalue weighted by atomic mass is 32.1. The van der Waals surface area contributed by atoms with Gasteiger partial charge < -0.3 is 15.2 Å². The van der Waals surface area contributed by atoms with Crippen LogP contribution in [0.2, 0.25) is 0 Å². The van der Waals surface area contributed by atoms with Crippen molar-refractivity contribution in [1.82, 2.24) is 14.7 Å². The van der Waals surface area contributed by atoms with E-state index in [0.717, 1.165) is 16.3 Å². The first-order chi connectivity index (χ1) is 10.1. The smallest absolute Gasteiger partial charge is 0.226 e. The van der Waals surface area contributed by atoms with E-state index in [-0.39, 0.29) is 12.5 Å². The Morgan fingerprint density at radius 2 is 2.33 bits per heavy atom. The molecule has 0 aliphatic carbocycles. The number of fused-ring (bicyclic) bond motifs is 1. The Morgan fingerprint density at radius 3 is 3.05 bits per heavy atom. The van der Waals surface area contributed by atoms with Crippen LogP contribution in [0.25, 0.3) is 4.96 Å². The van der Waals surface area contributed by atoms with Gasteiger partial charge in [-0.3, -0.25) is 9.20 Å². The number of carbonyl (C=O) groups excluding carboxylic acids is 1. The van der Waals surface area contributed by atoms with Crippen molar-refractivity contribution in [2.45, 2.75) is 31.7 Å². The summed E-state index contributed by atoms with van der Waals surface area (Å²) >= 11 is 1.53. The van der Waals surface area contributed by atoms with E-state index in [2.05, 4.69) is 10.3 Å². The first-order valence-corrected chi connectivity index (χ1v) is 7.91. The van der Waals surface area contributed by atoms with E-state index >= 15 is 0 Å². The van der Waals surface area contributed by atoms with Crippen LogP contribution in [-0.2, 0) is 16.0 Å². The fraction of sp³-hybridized carbons (Fsp3) is 0.571. The van der Waals surface area contributed by atoms with Crippen LogP contribution >= 0.6 is 11.3 Å². The van der Waals surface area contributed by atoms with E-state index in [1.54, 1.807) is 0 Å². The van der Waals surface area contributed by atoms with Gasteiger partial charge in [-0.2, -0.15) is 0 Å². The number of hydrogen-bond acceptors (Lipinski definition) is 5. The number of rotatable bonds is 4. The van der Waals surface area contributed by atoms with Crippen LogP contribution in [-0.4, -0.2) is 45.8 Å². The molecular formula is C14H19N3O3S. The number of nitrogens with zero attached hydrogens (tertiary/aromatic N) is 2. The van der Waals surface area contributed by atoms with E-state index < -0.39 is 5.54 Å². The number of aliphatic hydroxyl groups is 1. The van der Waals surface area contributed by atoms with Gasteiger partial charge in [0.1, 0.15) is 0 Å². The van der Waals surface area contributed by atoms with Gasteiger partial charge in [-0.25, -0.2) is 4.98 Å². The van der Waals surface area contributed by atoms with Crippen LogP contribution in [0.3, 0.4) is 0 Å². The second-order valence-electron chi connectivity index (χ2n) is 5.54. The maximum atomic E-state index is 12.3. The molecule has 0 radical (unpaired) electrons. The third kappa shape index (κ3) is 2.95. The molecule has 0 bridgehead atoms. The van der Waals surface area contributed by atoms with Crippen LogP contribution in [0, 0.1) is 6.92 Å². The molecule has 2 N–H and O–H groups in total. The quantitative estimate of drug-likeness (QED) is 0.880. The molecule has 3 rings (SSSR count). The molecule has 7 heteroatoms. The highest BCUT2D eigenvalue weighted by Gasteiger charge is 2.33. The summed E-state index contributed by atoms with van der Waals surface area (Å²) in [6.07, 6.45) is 3.53. The van der Waals surface area contributed by atoms with Crippen LogP contribution < -0.4 is 5.32 Å². The maximum Gasteiger partial charge on any atom is 0.226 e. The van der Waals surface area contributed by atoms with Gasteiger partial charge in [0.05, 0.1) is 24.3 Å². The highest BCUT2D eigenvalue weighted by Crippen LogP contribution is 2.21. The van der Waals surface area contributed by atoms with Crippen molar-refractivity contribution in [2.75, 3.05) is 19.8 Å². The number of nitrogens with one attached hydrogen (secondary N) is 1. The Morgan fingerprint density at radius 1 is 1.57 bits per heavy atom. The molecule has 0 saturated carbocycles. The van der Waals surface area contributed by atoms with Gasteiger partial charge in [0, 0.05) is 30.5 Å². The van der Waals surface area contributed by atoms with E-state index in [1.165, 1.54) is 11.3 Å². The SMILES string of the molecule is Cc1cn2c(CC(=O)NC3(CO)CCOCC3)csc2n1. The lowest BCUT2D eigenvalue weighted by atomic mass is 9.91. The Hall–Kier alpha value is -1.44. The summed E-state index contributed by atoms with van der Waals surface area (Å²) < 4.78 is 7.25. The molecule has 2 aromatic rings. The average Bonchev–Trinajstić information content (AvgIpc) is 3.00. The lowest BCUT2D eigenvalue weighted by molar-refractivity contribution is -0.124. The predicted octanol–water partition coefficient (Wildman–Crippen LogP) is 0.904. The van der Waals surface area contributed by atoms with Gasteiger partial charge >= 0.3 is 0 Å². The Labute approximate surface area is 126 Å². The fourth-order valence-electron chi connectivity index (χ4n) is 2.66. The number of thiazole rings is 1. The Kier molecular flexibility index (Phi) is 3.97. The zero-order valence-corrected chi connectivity index (χ0v) is 12.8. The minimum Gasteiger partial charge on any atom is -0.394 e. The van der Waals surface area contributed by atoms with Crippen molar-refractivity contribution < 1.29 is 14.6 Å². The van der Waals surface area contributed by atoms with Gasteiger partial charge in [-0.1, -0.05) is 0 Å². The van der Waals surface area contributed by atoms with Crippen LogP contribution in [0.15, 0.2) is 11.6 Å². The van der Waals surface area contributed by atoms with Crippen LogP contribution in [0.5, 0.6) is 0 Å². The third-order valence-corrected chi connectivity index (χ3v) is 4.79. The maximum absolute atomic E-state index is 12.3. The molecule has 6 nitrogen and oxygen atoms in total. The summed E-state index contributed by atoms with van der Waals surface area (Å²) in [7, 11) is 0. The summed E-state index contributed by atoms with van der Waals surface area (Å²) in [4.78, 5) is 17.6. The zero-order chi connectivity index (χ0) is 14.9. The molecule has 0 spiro atoms. The Balaban J connectivity index is 1.70. The molecule has 1 amide bonds. The molecule has 0 aromatic carbocycles. The Bertz CT molecular complexity index is 643. The minimum atomic E-state index is -0.532. The molecule has 0 unspecified atom stereocenters. The lowest BCUT2D eigenvalue weighted by Gasteiger charge is -2.36. The molecular weight excluding hydrogens is 290 g/mol. The van der Waals surface area contributed by atoms with Crippen molar-refractivity contribution in [3.8, 4) is 0 Å². The molecule has 3 heterocycles. The van der Waals surface area contributed by atoms with Gasteiger partial charge in [0.25, 0.3) is 0 Å². The van der Waals surface area contributed by atoms with Crippen LogP contribution in [0.1, 0.15) is 24.2 Å². The molecule has 114 valence electrons. The molecule has 1 aliphatic heterocycles. The largest absolute Gasteiger partial charge is 0.394 e. The van der Waals surface area contributed by atoms with E-state index in [0.29, 0.717) is 32.5 Å². The first kappa shape index (κ1) is 14.5. The van der Waals surface area contributed by atoms with Gasteiger partial charge in [0.2, 0.25) is 5.91 Å². The molecule has 2 aromatic heterocycles. The summed E-state index contributed by atoms with van der Waals surface area (Å²) in [6.45, 7) is 3.03. The molecule has 1 fully saturated rings. The second kappa shape index (κ2) is 5.75. The van der Waals surface area contributed by atoms with Crippen molar-refractivity contribution in [1.29, 1.82) is 0 Å². The van der Waals surface area contributed by atoms with Gasteiger partial charge in [-0.05, 0) is 19.8 Å². The van der Waals surface area contributed by atoms with Gasteiger partial charge in [-0.15, -0.1) is 11.3 Å². The van der Waals surface area contributed by atoms with E-state index in [1.807, 2.05) is 22.9 Å². The first-order valence-electron chi connectivity index (χ1n) is 7.04. The number of hydrogen-bond donors (Lipinski definition) is 2. The number of carbonyl (C=O) groups is 1. The second-order valence-corrected chi connectivity index (χ2v) is 6.37. The number of aliphatic hydroxyl groups excluding tert-OH is 1. The number of amides is 1. The van der Waals surface area contributed by atoms with Gasteiger partial charge in [0.15, 0.2) is 4.96 Å². The average molecular weight is 309 g/mol. The van der Waals surface area contributed by atoms with E-state index in [9.17, 15) is 9.90 Å². The van der Waals surface area contributed by atoms with Crippen molar-refractivity contribution in [3.63, 3.8) is 0 Å². The number of aryl methyl sites for hydroxylation is 1. The topological polar surface area (TPSA) is 75.9 Å². The monoisotopic (exact) mass is 309 g/mol. The fourth-order valence-corrected chi connectivity index (χ4v) is 3.58. The molecule has 21 heavy (non-hydrogen) atoms. The predicted molar refractivity (Wildman–Crippen MR) is 79.5 cm³/mol. The summed E-state index contributed by atoms with van der Waals surface area (Å²) in [6, 6.07) is 0. The number of aromatic nitrogens is 2. The number of imidazole rings is 1. The summed E-state index contributed by atoms with van der Waals surface area (Å²) in [5, 5.41) is 14.6. The van der Waals surface area contributed by atoms with Crippen LogP contribution in [0.4, 0.5) is 0 Å². The lowest BCUT2D eigenvalue weighted by Crippen LogP contribution is -2.55. The standard InChI is InChI=1S/C14H19N3O3S/c1-10-7-17-11(8-21-13(17)15-10)6-12(19)16-14(9-18)2-4-20-5-3-14/h7-8,18H,2-6,9H2,1H3,(H,16,19). The highest BCUT2D eigenvalue weighted by molar-refractivity contribution is 7.15. The van der Waals surface area contributed by atoms with Crippen molar-refractivity contribution in [2.24, 2.45) is 0 Å².